The van der Waals surface area contributed by atoms with Crippen LogP contribution in [0.25, 0.3) is 0 Å². The molecule has 0 bridgehead atoms. The second kappa shape index (κ2) is 7.07. The van der Waals surface area contributed by atoms with Gasteiger partial charge in [-0.2, -0.15) is 0 Å². The van der Waals surface area contributed by atoms with Crippen molar-refractivity contribution in [1.82, 2.24) is 15.5 Å². The van der Waals surface area contributed by atoms with Crippen LogP contribution >= 0.6 is 11.6 Å². The number of rotatable bonds is 4. The van der Waals surface area contributed by atoms with E-state index >= 15 is 0 Å². The molecule has 2 atom stereocenters. The van der Waals surface area contributed by atoms with Gasteiger partial charge in [-0.15, -0.1) is 0 Å². The number of carbonyl (C=O) groups is 1. The molecule has 0 aromatic heterocycles. The molecule has 0 saturated carbocycles. The predicted molar refractivity (Wildman–Crippen MR) is 81.8 cm³/mol. The average Bonchev–Trinajstić information content (AvgIpc) is 2.36. The molecule has 110 valence electrons. The van der Waals surface area contributed by atoms with Gasteiger partial charge in [-0.25, -0.2) is 0 Å². The number of hydrogen-bond acceptors (Lipinski definition) is 3. The highest BCUT2D eigenvalue weighted by Gasteiger charge is 2.22. The molecule has 1 aliphatic heterocycles. The summed E-state index contributed by atoms with van der Waals surface area (Å²) in [7, 11) is 0. The number of nitrogens with one attached hydrogen (secondary N) is 2. The topological polar surface area (TPSA) is 44.4 Å². The second-order valence-corrected chi connectivity index (χ2v) is 5.94. The van der Waals surface area contributed by atoms with Crippen molar-refractivity contribution in [2.45, 2.75) is 32.5 Å². The zero-order valence-electron chi connectivity index (χ0n) is 12.0. The molecule has 20 heavy (non-hydrogen) atoms. The van der Waals surface area contributed by atoms with Gasteiger partial charge >= 0.3 is 0 Å². The number of piperazine rings is 1. The predicted octanol–water partition coefficient (Wildman–Crippen LogP) is 1.64. The van der Waals surface area contributed by atoms with Gasteiger partial charge in [0.2, 0.25) is 5.91 Å². The first kappa shape index (κ1) is 15.3. The largest absolute Gasteiger partial charge is 0.351 e. The van der Waals surface area contributed by atoms with Gasteiger partial charge in [-0.05, 0) is 25.5 Å². The molecule has 1 aliphatic rings. The molecule has 2 N–H and O–H groups in total. The summed E-state index contributed by atoms with van der Waals surface area (Å²) in [5.41, 5.74) is 0.949. The Labute approximate surface area is 125 Å². The summed E-state index contributed by atoms with van der Waals surface area (Å²) in [4.78, 5) is 14.2. The fourth-order valence-corrected chi connectivity index (χ4v) is 2.87. The van der Waals surface area contributed by atoms with Crippen molar-refractivity contribution < 1.29 is 4.79 Å². The van der Waals surface area contributed by atoms with Crippen molar-refractivity contribution in [1.29, 1.82) is 0 Å². The van der Waals surface area contributed by atoms with E-state index in [0.29, 0.717) is 30.2 Å². The van der Waals surface area contributed by atoms with E-state index in [1.165, 1.54) is 0 Å². The van der Waals surface area contributed by atoms with Crippen molar-refractivity contribution in [3.63, 3.8) is 0 Å². The van der Waals surface area contributed by atoms with E-state index in [2.05, 4.69) is 29.4 Å². The molecule has 1 fully saturated rings. The molecule has 1 saturated heterocycles. The minimum absolute atomic E-state index is 0.0474. The van der Waals surface area contributed by atoms with Crippen LogP contribution in [-0.4, -0.2) is 42.5 Å². The van der Waals surface area contributed by atoms with E-state index < -0.39 is 0 Å². The Balaban J connectivity index is 1.79. The molecule has 0 radical (unpaired) electrons. The normalized spacial score (nSPS) is 23.6. The first-order valence-corrected chi connectivity index (χ1v) is 7.41. The van der Waals surface area contributed by atoms with E-state index in [4.69, 9.17) is 11.6 Å². The fraction of sp³-hybridized carbons (Fsp3) is 0.533. The van der Waals surface area contributed by atoms with Gasteiger partial charge in [0.1, 0.15) is 0 Å². The summed E-state index contributed by atoms with van der Waals surface area (Å²) in [6.07, 6.45) is 0. The number of carbonyl (C=O) groups excluding carboxylic acids is 1. The molecule has 0 spiro atoms. The molecule has 1 aromatic rings. The Hall–Kier alpha value is -1.10. The van der Waals surface area contributed by atoms with Crippen LogP contribution < -0.4 is 10.6 Å². The van der Waals surface area contributed by atoms with Crippen molar-refractivity contribution in [2.24, 2.45) is 0 Å². The lowest BCUT2D eigenvalue weighted by Gasteiger charge is -2.35. The van der Waals surface area contributed by atoms with Gasteiger partial charge in [0.15, 0.2) is 0 Å². The summed E-state index contributed by atoms with van der Waals surface area (Å²) in [5, 5.41) is 7.08. The standard InChI is InChI=1S/C15H22ClN3O/c1-11-8-19(9-12(2)18-11)10-15(20)17-7-13-5-3-4-6-14(13)16/h3-6,11-12,18H,7-10H2,1-2H3,(H,17,20). The molecule has 4 nitrogen and oxygen atoms in total. The maximum atomic E-state index is 12.0. The van der Waals surface area contributed by atoms with Crippen LogP contribution in [0.3, 0.4) is 0 Å². The SMILES string of the molecule is CC1CN(CC(=O)NCc2ccccc2Cl)CC(C)N1. The lowest BCUT2D eigenvalue weighted by atomic mass is 10.1. The highest BCUT2D eigenvalue weighted by atomic mass is 35.5. The number of benzene rings is 1. The molecule has 1 heterocycles. The van der Waals surface area contributed by atoms with Crippen LogP contribution in [0.15, 0.2) is 24.3 Å². The van der Waals surface area contributed by atoms with Crippen molar-refractivity contribution in [3.8, 4) is 0 Å². The van der Waals surface area contributed by atoms with E-state index in [1.807, 2.05) is 24.3 Å². The smallest absolute Gasteiger partial charge is 0.234 e. The molecule has 0 aliphatic carbocycles. The van der Waals surface area contributed by atoms with Crippen LogP contribution in [-0.2, 0) is 11.3 Å². The van der Waals surface area contributed by atoms with Crippen LogP contribution in [0.4, 0.5) is 0 Å². The molecule has 2 unspecified atom stereocenters. The van der Waals surface area contributed by atoms with Gasteiger partial charge < -0.3 is 10.6 Å². The second-order valence-electron chi connectivity index (χ2n) is 5.53. The first-order valence-electron chi connectivity index (χ1n) is 7.03. The van der Waals surface area contributed by atoms with E-state index in [1.54, 1.807) is 0 Å². The molecule has 2 rings (SSSR count). The van der Waals surface area contributed by atoms with E-state index in [-0.39, 0.29) is 5.91 Å². The minimum atomic E-state index is 0.0474. The Morgan fingerprint density at radius 2 is 2.00 bits per heavy atom. The maximum absolute atomic E-state index is 12.0. The first-order chi connectivity index (χ1) is 9.54. The Bertz CT molecular complexity index is 456. The van der Waals surface area contributed by atoms with Crippen molar-refractivity contribution >= 4 is 17.5 Å². The number of nitrogens with zero attached hydrogens (tertiary/aromatic N) is 1. The lowest BCUT2D eigenvalue weighted by molar-refractivity contribution is -0.122. The third kappa shape index (κ3) is 4.47. The van der Waals surface area contributed by atoms with Gasteiger partial charge in [0.05, 0.1) is 6.54 Å². The van der Waals surface area contributed by atoms with Gasteiger partial charge in [-0.3, -0.25) is 9.69 Å². The van der Waals surface area contributed by atoms with Gasteiger partial charge in [0.25, 0.3) is 0 Å². The highest BCUT2D eigenvalue weighted by molar-refractivity contribution is 6.31. The summed E-state index contributed by atoms with van der Waals surface area (Å²) < 4.78 is 0. The Morgan fingerprint density at radius 1 is 1.35 bits per heavy atom. The van der Waals surface area contributed by atoms with Crippen molar-refractivity contribution in [3.05, 3.63) is 34.9 Å². The summed E-state index contributed by atoms with van der Waals surface area (Å²) in [6, 6.07) is 8.43. The quantitative estimate of drug-likeness (QED) is 0.887. The van der Waals surface area contributed by atoms with Crippen LogP contribution in [0, 0.1) is 0 Å². The lowest BCUT2D eigenvalue weighted by Crippen LogP contribution is -2.56. The van der Waals surface area contributed by atoms with Gasteiger partial charge in [-0.1, -0.05) is 29.8 Å². The molecule has 1 aromatic carbocycles. The van der Waals surface area contributed by atoms with Crippen LogP contribution in [0.2, 0.25) is 5.02 Å². The summed E-state index contributed by atoms with van der Waals surface area (Å²) in [6.45, 7) is 7.03. The monoisotopic (exact) mass is 295 g/mol. The third-order valence-corrected chi connectivity index (χ3v) is 3.80. The van der Waals surface area contributed by atoms with Crippen molar-refractivity contribution in [2.75, 3.05) is 19.6 Å². The third-order valence-electron chi connectivity index (χ3n) is 3.43. The van der Waals surface area contributed by atoms with E-state index in [9.17, 15) is 4.79 Å². The molecule has 5 heteroatoms. The number of halogens is 1. The zero-order valence-corrected chi connectivity index (χ0v) is 12.8. The van der Waals surface area contributed by atoms with Crippen LogP contribution in [0.1, 0.15) is 19.4 Å². The minimum Gasteiger partial charge on any atom is -0.351 e. The number of hydrogen-bond donors (Lipinski definition) is 2. The number of amides is 1. The molecule has 1 amide bonds. The highest BCUT2D eigenvalue weighted by Crippen LogP contribution is 2.14. The van der Waals surface area contributed by atoms with Crippen LogP contribution in [0.5, 0.6) is 0 Å². The van der Waals surface area contributed by atoms with Gasteiger partial charge in [0, 0.05) is 36.7 Å². The molecular formula is C15H22ClN3O. The zero-order chi connectivity index (χ0) is 14.5. The maximum Gasteiger partial charge on any atom is 0.234 e. The average molecular weight is 296 g/mol. The Morgan fingerprint density at radius 3 is 2.65 bits per heavy atom. The molecular weight excluding hydrogens is 274 g/mol. The Kier molecular flexibility index (Phi) is 5.40. The summed E-state index contributed by atoms with van der Waals surface area (Å²) >= 11 is 6.07. The van der Waals surface area contributed by atoms with E-state index in [0.717, 1.165) is 18.7 Å². The summed E-state index contributed by atoms with van der Waals surface area (Å²) in [5.74, 6) is 0.0474. The fourth-order valence-electron chi connectivity index (χ4n) is 2.66.